The lowest BCUT2D eigenvalue weighted by Gasteiger charge is -2.23. The fourth-order valence-corrected chi connectivity index (χ4v) is 2.70. The van der Waals surface area contributed by atoms with E-state index in [4.69, 9.17) is 11.1 Å². The van der Waals surface area contributed by atoms with Crippen LogP contribution in [0.2, 0.25) is 6.04 Å². The summed E-state index contributed by atoms with van der Waals surface area (Å²) in [5.41, 5.74) is 1.60. The zero-order chi connectivity index (χ0) is 9.03. The maximum absolute atomic E-state index is 5.76. The largest absolute Gasteiger partial charge is 0.172 e. The van der Waals surface area contributed by atoms with E-state index in [0.717, 1.165) is 6.04 Å². The lowest BCUT2D eigenvalue weighted by atomic mass is 9.87. The topological polar surface area (TPSA) is 0 Å². The Morgan fingerprint density at radius 3 is 2.33 bits per heavy atom. The molecule has 0 unspecified atom stereocenters. The molecule has 0 aliphatic carbocycles. The lowest BCUT2D eigenvalue weighted by Crippen LogP contribution is -2.17. The van der Waals surface area contributed by atoms with Gasteiger partial charge in [0.1, 0.15) is 0 Å². The Morgan fingerprint density at radius 2 is 1.83 bits per heavy atom. The average Bonchev–Trinajstić information content (AvgIpc) is 2.06. The molecule has 0 bridgehead atoms. The Bertz CT molecular complexity index is 231. The SMILES string of the molecule is CC(C)(C[Si]Cl)c1ccccc1. The van der Waals surface area contributed by atoms with Crippen molar-refractivity contribution >= 4 is 19.9 Å². The van der Waals surface area contributed by atoms with E-state index in [9.17, 15) is 0 Å². The van der Waals surface area contributed by atoms with Crippen molar-refractivity contribution in [2.75, 3.05) is 0 Å². The van der Waals surface area contributed by atoms with Gasteiger partial charge in [0.2, 0.25) is 0 Å². The zero-order valence-corrected chi connectivity index (χ0v) is 9.23. The highest BCUT2D eigenvalue weighted by Crippen LogP contribution is 2.26. The van der Waals surface area contributed by atoms with Gasteiger partial charge in [0.15, 0.2) is 8.83 Å². The summed E-state index contributed by atoms with van der Waals surface area (Å²) in [6, 6.07) is 11.6. The maximum atomic E-state index is 5.76. The summed E-state index contributed by atoms with van der Waals surface area (Å²) >= 11 is 5.76. The molecule has 0 atom stereocenters. The second-order valence-electron chi connectivity index (χ2n) is 3.56. The number of hydrogen-bond acceptors (Lipinski definition) is 0. The minimum Gasteiger partial charge on any atom is -0.171 e. The third-order valence-corrected chi connectivity index (χ3v) is 3.48. The maximum Gasteiger partial charge on any atom is 0.172 e. The third-order valence-electron chi connectivity index (χ3n) is 2.06. The van der Waals surface area contributed by atoms with E-state index < -0.39 is 0 Å². The molecular formula is C10H13ClSi. The van der Waals surface area contributed by atoms with Crippen molar-refractivity contribution in [1.82, 2.24) is 0 Å². The van der Waals surface area contributed by atoms with E-state index in [1.54, 1.807) is 0 Å². The summed E-state index contributed by atoms with van der Waals surface area (Å²) in [7, 11) is 0.507. The quantitative estimate of drug-likeness (QED) is 0.515. The first-order chi connectivity index (χ1) is 5.67. The van der Waals surface area contributed by atoms with Gasteiger partial charge in [-0.25, -0.2) is 0 Å². The number of halogens is 1. The van der Waals surface area contributed by atoms with E-state index in [0.29, 0.717) is 8.83 Å². The van der Waals surface area contributed by atoms with Crippen LogP contribution in [0.25, 0.3) is 0 Å². The first-order valence-electron chi connectivity index (χ1n) is 4.06. The van der Waals surface area contributed by atoms with Crippen LogP contribution in [0.15, 0.2) is 30.3 Å². The van der Waals surface area contributed by atoms with Gasteiger partial charge < -0.3 is 0 Å². The van der Waals surface area contributed by atoms with Crippen molar-refractivity contribution in [2.45, 2.75) is 25.3 Å². The van der Waals surface area contributed by atoms with Gasteiger partial charge in [0.05, 0.1) is 0 Å². The van der Waals surface area contributed by atoms with Crippen molar-refractivity contribution in [1.29, 1.82) is 0 Å². The predicted octanol–water partition coefficient (Wildman–Crippen LogP) is 3.24. The van der Waals surface area contributed by atoms with Gasteiger partial charge in [-0.1, -0.05) is 44.2 Å². The monoisotopic (exact) mass is 196 g/mol. The smallest absolute Gasteiger partial charge is 0.171 e. The van der Waals surface area contributed by atoms with Crippen LogP contribution in [0.3, 0.4) is 0 Å². The number of rotatable bonds is 3. The van der Waals surface area contributed by atoms with Gasteiger partial charge in [-0.2, -0.15) is 11.1 Å². The van der Waals surface area contributed by atoms with E-state index >= 15 is 0 Å². The van der Waals surface area contributed by atoms with Gasteiger partial charge in [-0.3, -0.25) is 0 Å². The highest BCUT2D eigenvalue weighted by Gasteiger charge is 2.19. The van der Waals surface area contributed by atoms with E-state index in [1.165, 1.54) is 5.56 Å². The molecule has 0 aliphatic rings. The Kier molecular flexibility index (Phi) is 3.36. The standard InChI is InChI=1S/C10H13ClSi/c1-10(2,8-12-11)9-6-4-3-5-7-9/h3-7H,8H2,1-2H3. The van der Waals surface area contributed by atoms with Gasteiger partial charge in [0.25, 0.3) is 0 Å². The molecule has 0 nitrogen and oxygen atoms in total. The van der Waals surface area contributed by atoms with E-state index in [-0.39, 0.29) is 5.41 Å². The first kappa shape index (κ1) is 9.81. The normalized spacial score (nSPS) is 11.6. The Morgan fingerprint density at radius 1 is 1.25 bits per heavy atom. The molecule has 0 amide bonds. The minimum absolute atomic E-state index is 0.224. The van der Waals surface area contributed by atoms with Crippen LogP contribution in [0.4, 0.5) is 0 Å². The van der Waals surface area contributed by atoms with Crippen LogP contribution in [0.1, 0.15) is 19.4 Å². The van der Waals surface area contributed by atoms with Crippen LogP contribution in [0, 0.1) is 0 Å². The molecule has 0 spiro atoms. The molecule has 1 rings (SSSR count). The lowest BCUT2D eigenvalue weighted by molar-refractivity contribution is 0.589. The fraction of sp³-hybridized carbons (Fsp3) is 0.400. The van der Waals surface area contributed by atoms with E-state index in [2.05, 4.69) is 38.1 Å². The molecule has 12 heavy (non-hydrogen) atoms. The van der Waals surface area contributed by atoms with Crippen molar-refractivity contribution in [3.8, 4) is 0 Å². The fourth-order valence-electron chi connectivity index (χ4n) is 1.16. The van der Waals surface area contributed by atoms with Crippen LogP contribution < -0.4 is 0 Å². The number of benzene rings is 1. The first-order valence-corrected chi connectivity index (χ1v) is 6.28. The highest BCUT2D eigenvalue weighted by atomic mass is 35.6. The summed E-state index contributed by atoms with van der Waals surface area (Å²) in [5.74, 6) is 0. The summed E-state index contributed by atoms with van der Waals surface area (Å²) in [4.78, 5) is 0. The van der Waals surface area contributed by atoms with Crippen LogP contribution in [-0.4, -0.2) is 8.83 Å². The van der Waals surface area contributed by atoms with Gasteiger partial charge in [-0.15, -0.1) is 0 Å². The van der Waals surface area contributed by atoms with Crippen LogP contribution >= 0.6 is 11.1 Å². The van der Waals surface area contributed by atoms with Gasteiger partial charge >= 0.3 is 0 Å². The van der Waals surface area contributed by atoms with Gasteiger partial charge in [-0.05, 0) is 17.0 Å². The minimum atomic E-state index is 0.224. The number of hydrogen-bond donors (Lipinski definition) is 0. The molecule has 0 saturated carbocycles. The highest BCUT2D eigenvalue weighted by molar-refractivity contribution is 6.93. The summed E-state index contributed by atoms with van der Waals surface area (Å²) in [6.45, 7) is 4.47. The predicted molar refractivity (Wildman–Crippen MR) is 55.9 cm³/mol. The van der Waals surface area contributed by atoms with Crippen LogP contribution in [0.5, 0.6) is 0 Å². The average molecular weight is 197 g/mol. The molecule has 0 fully saturated rings. The molecule has 0 aromatic heterocycles. The Balaban J connectivity index is 2.82. The molecule has 2 heteroatoms. The zero-order valence-electron chi connectivity index (χ0n) is 7.47. The molecule has 1 aromatic carbocycles. The third kappa shape index (κ3) is 2.36. The van der Waals surface area contributed by atoms with E-state index in [1.807, 2.05) is 6.07 Å². The van der Waals surface area contributed by atoms with Crippen molar-refractivity contribution in [3.63, 3.8) is 0 Å². The van der Waals surface area contributed by atoms with Crippen molar-refractivity contribution in [3.05, 3.63) is 35.9 Å². The second kappa shape index (κ2) is 4.10. The molecule has 0 N–H and O–H groups in total. The molecule has 2 radical (unpaired) electrons. The van der Waals surface area contributed by atoms with Crippen molar-refractivity contribution < 1.29 is 0 Å². The summed E-state index contributed by atoms with van der Waals surface area (Å²) in [6.07, 6.45) is 0. The Labute approximate surface area is 81.5 Å². The molecule has 0 saturated heterocycles. The van der Waals surface area contributed by atoms with Crippen molar-refractivity contribution in [2.24, 2.45) is 0 Å². The van der Waals surface area contributed by atoms with Crippen LogP contribution in [-0.2, 0) is 5.41 Å². The molecule has 1 aromatic rings. The Hall–Kier alpha value is -0.273. The van der Waals surface area contributed by atoms with Gasteiger partial charge in [0, 0.05) is 0 Å². The molecule has 0 heterocycles. The molecule has 64 valence electrons. The summed E-state index contributed by atoms with van der Waals surface area (Å²) in [5, 5.41) is 0. The summed E-state index contributed by atoms with van der Waals surface area (Å²) < 4.78 is 0. The molecule has 0 aliphatic heterocycles. The second-order valence-corrected chi connectivity index (χ2v) is 4.98. The molecular weight excluding hydrogens is 184 g/mol.